The number of hydrogen-bond donors (Lipinski definition) is 2. The van der Waals surface area contributed by atoms with E-state index < -0.39 is 0 Å². The van der Waals surface area contributed by atoms with Crippen molar-refractivity contribution in [3.8, 4) is 11.5 Å². The van der Waals surface area contributed by atoms with E-state index in [1.165, 1.54) is 7.11 Å². The molecule has 2 rings (SSSR count). The summed E-state index contributed by atoms with van der Waals surface area (Å²) in [6.45, 7) is 8.38. The molecule has 0 aromatic heterocycles. The molecule has 162 valence electrons. The number of hydrogen-bond acceptors (Lipinski definition) is 4. The van der Waals surface area contributed by atoms with Crippen molar-refractivity contribution in [3.63, 3.8) is 0 Å². The van der Waals surface area contributed by atoms with Crippen LogP contribution in [0.1, 0.15) is 44.5 Å². The summed E-state index contributed by atoms with van der Waals surface area (Å²) in [6.07, 6.45) is 0.884. The number of methoxy groups -OCH3 is 1. The molecule has 0 spiro atoms. The molecule has 7 heteroatoms. The minimum atomic E-state index is -0.331. The maximum atomic E-state index is 12.7. The fourth-order valence-corrected chi connectivity index (χ4v) is 2.78. The van der Waals surface area contributed by atoms with Gasteiger partial charge in [0.1, 0.15) is 0 Å². The molecule has 0 bridgehead atoms. The van der Waals surface area contributed by atoms with Gasteiger partial charge in [-0.3, -0.25) is 9.59 Å². The lowest BCUT2D eigenvalue weighted by Crippen LogP contribution is -2.17. The molecular formula is C23H29ClN2O4. The summed E-state index contributed by atoms with van der Waals surface area (Å²) in [4.78, 5) is 24.4. The molecular weight excluding hydrogens is 404 g/mol. The van der Waals surface area contributed by atoms with Crippen LogP contribution in [0.15, 0.2) is 36.4 Å². The number of anilines is 2. The fourth-order valence-electron chi connectivity index (χ4n) is 2.51. The molecule has 0 unspecified atom stereocenters. The molecule has 0 saturated carbocycles. The highest BCUT2D eigenvalue weighted by Crippen LogP contribution is 2.37. The van der Waals surface area contributed by atoms with Crippen LogP contribution in [0, 0.1) is 11.8 Å². The third-order valence-corrected chi connectivity index (χ3v) is 4.65. The van der Waals surface area contributed by atoms with Crippen molar-refractivity contribution in [2.24, 2.45) is 11.8 Å². The largest absolute Gasteiger partial charge is 0.493 e. The molecule has 0 heterocycles. The van der Waals surface area contributed by atoms with Gasteiger partial charge in [-0.05, 0) is 48.7 Å². The third kappa shape index (κ3) is 6.66. The second-order valence-corrected chi connectivity index (χ2v) is 8.10. The second kappa shape index (κ2) is 10.9. The Labute approximate surface area is 182 Å². The Hall–Kier alpha value is -2.73. The van der Waals surface area contributed by atoms with Crippen LogP contribution in [-0.2, 0) is 4.79 Å². The van der Waals surface area contributed by atoms with E-state index >= 15 is 0 Å². The average molecular weight is 433 g/mol. The van der Waals surface area contributed by atoms with Crippen molar-refractivity contribution in [1.29, 1.82) is 0 Å². The second-order valence-electron chi connectivity index (χ2n) is 7.70. The highest BCUT2D eigenvalue weighted by Gasteiger charge is 2.16. The van der Waals surface area contributed by atoms with E-state index in [9.17, 15) is 9.59 Å². The predicted molar refractivity (Wildman–Crippen MR) is 121 cm³/mol. The molecule has 0 atom stereocenters. The number of nitrogens with one attached hydrogen (secondary N) is 2. The Morgan fingerprint density at radius 2 is 1.60 bits per heavy atom. The van der Waals surface area contributed by atoms with Gasteiger partial charge in [-0.1, -0.05) is 39.3 Å². The zero-order valence-corrected chi connectivity index (χ0v) is 18.8. The molecule has 2 amide bonds. The molecule has 2 aromatic carbocycles. The Balaban J connectivity index is 2.09. The number of carbonyl (C=O) groups excluding carboxylic acids is 2. The van der Waals surface area contributed by atoms with Crippen LogP contribution in [0.25, 0.3) is 0 Å². The minimum absolute atomic E-state index is 0.0655. The average Bonchev–Trinajstić information content (AvgIpc) is 2.69. The third-order valence-electron chi connectivity index (χ3n) is 4.37. The molecule has 2 N–H and O–H groups in total. The molecule has 30 heavy (non-hydrogen) atoms. The van der Waals surface area contributed by atoms with E-state index in [1.807, 2.05) is 13.8 Å². The van der Waals surface area contributed by atoms with Crippen molar-refractivity contribution in [1.82, 2.24) is 0 Å². The summed E-state index contributed by atoms with van der Waals surface area (Å²) in [5, 5.41) is 5.93. The Kier molecular flexibility index (Phi) is 8.54. The van der Waals surface area contributed by atoms with Crippen molar-refractivity contribution in [2.75, 3.05) is 24.4 Å². The maximum absolute atomic E-state index is 12.7. The van der Waals surface area contributed by atoms with Crippen LogP contribution < -0.4 is 20.1 Å². The standard InChI is InChI=1S/C23H29ClN2O4/c1-14(2)10-11-30-21-19(24)12-16(13-20(21)29-5)23(28)26-18-8-6-17(7-9-18)25-22(27)15(3)4/h6-9,12-15H,10-11H2,1-5H3,(H,25,27)(H,26,28). The Morgan fingerprint density at radius 3 is 2.13 bits per heavy atom. The van der Waals surface area contributed by atoms with Gasteiger partial charge in [0, 0.05) is 22.9 Å². The first kappa shape index (κ1) is 23.5. The van der Waals surface area contributed by atoms with E-state index in [-0.39, 0.29) is 17.7 Å². The van der Waals surface area contributed by atoms with Gasteiger partial charge in [0.05, 0.1) is 18.7 Å². The Morgan fingerprint density at radius 1 is 1.00 bits per heavy atom. The number of halogens is 1. The SMILES string of the molecule is COc1cc(C(=O)Nc2ccc(NC(=O)C(C)C)cc2)cc(Cl)c1OCCC(C)C. The topological polar surface area (TPSA) is 76.7 Å². The van der Waals surface area contributed by atoms with Crippen LogP contribution in [0.5, 0.6) is 11.5 Å². The lowest BCUT2D eigenvalue weighted by Gasteiger charge is -2.15. The monoisotopic (exact) mass is 432 g/mol. The predicted octanol–water partition coefficient (Wildman–Crippen LogP) is 5.62. The molecule has 6 nitrogen and oxygen atoms in total. The van der Waals surface area contributed by atoms with E-state index in [1.54, 1.807) is 36.4 Å². The number of ether oxygens (including phenoxy) is 2. The molecule has 0 radical (unpaired) electrons. The first-order valence-corrected chi connectivity index (χ1v) is 10.3. The van der Waals surface area contributed by atoms with Gasteiger partial charge in [-0.25, -0.2) is 0 Å². The van der Waals surface area contributed by atoms with Crippen molar-refractivity contribution in [2.45, 2.75) is 34.1 Å². The summed E-state index contributed by atoms with van der Waals surface area (Å²) in [5.74, 6) is 0.836. The van der Waals surface area contributed by atoms with Crippen LogP contribution >= 0.6 is 11.6 Å². The first-order chi connectivity index (χ1) is 14.2. The zero-order valence-electron chi connectivity index (χ0n) is 18.0. The number of carbonyl (C=O) groups is 2. The highest BCUT2D eigenvalue weighted by molar-refractivity contribution is 6.32. The minimum Gasteiger partial charge on any atom is -0.493 e. The number of benzene rings is 2. The quantitative estimate of drug-likeness (QED) is 0.539. The van der Waals surface area contributed by atoms with Gasteiger partial charge in [0.2, 0.25) is 5.91 Å². The summed E-state index contributed by atoms with van der Waals surface area (Å²) < 4.78 is 11.1. The van der Waals surface area contributed by atoms with Crippen LogP contribution in [0.2, 0.25) is 5.02 Å². The van der Waals surface area contributed by atoms with Crippen molar-refractivity contribution in [3.05, 3.63) is 47.0 Å². The van der Waals surface area contributed by atoms with Crippen LogP contribution in [0.4, 0.5) is 11.4 Å². The summed E-state index contributed by atoms with van der Waals surface area (Å²) in [7, 11) is 1.51. The first-order valence-electron chi connectivity index (χ1n) is 9.93. The zero-order chi connectivity index (χ0) is 22.3. The van der Waals surface area contributed by atoms with Gasteiger partial charge < -0.3 is 20.1 Å². The lowest BCUT2D eigenvalue weighted by molar-refractivity contribution is -0.118. The molecule has 2 aromatic rings. The lowest BCUT2D eigenvalue weighted by atomic mass is 10.1. The van der Waals surface area contributed by atoms with Crippen LogP contribution in [-0.4, -0.2) is 25.5 Å². The van der Waals surface area contributed by atoms with E-state index in [2.05, 4.69) is 24.5 Å². The van der Waals surface area contributed by atoms with E-state index in [0.717, 1.165) is 6.42 Å². The smallest absolute Gasteiger partial charge is 0.255 e. The Bertz CT molecular complexity index is 880. The van der Waals surface area contributed by atoms with Crippen molar-refractivity contribution < 1.29 is 19.1 Å². The molecule has 0 saturated heterocycles. The highest BCUT2D eigenvalue weighted by atomic mass is 35.5. The summed E-state index contributed by atoms with van der Waals surface area (Å²) in [6, 6.07) is 10.1. The fraction of sp³-hybridized carbons (Fsp3) is 0.391. The number of rotatable bonds is 9. The van der Waals surface area contributed by atoms with E-state index in [0.29, 0.717) is 46.0 Å². The number of amides is 2. The van der Waals surface area contributed by atoms with Crippen LogP contribution in [0.3, 0.4) is 0 Å². The van der Waals surface area contributed by atoms with Gasteiger partial charge in [-0.15, -0.1) is 0 Å². The van der Waals surface area contributed by atoms with Crippen molar-refractivity contribution >= 4 is 34.8 Å². The van der Waals surface area contributed by atoms with Gasteiger partial charge in [-0.2, -0.15) is 0 Å². The molecule has 0 aliphatic heterocycles. The molecule has 0 aliphatic rings. The van der Waals surface area contributed by atoms with Gasteiger partial charge in [0.25, 0.3) is 5.91 Å². The summed E-state index contributed by atoms with van der Waals surface area (Å²) in [5.41, 5.74) is 1.61. The van der Waals surface area contributed by atoms with Gasteiger partial charge in [0.15, 0.2) is 11.5 Å². The summed E-state index contributed by atoms with van der Waals surface area (Å²) >= 11 is 6.35. The normalized spacial score (nSPS) is 10.8. The molecule has 0 aliphatic carbocycles. The van der Waals surface area contributed by atoms with Gasteiger partial charge >= 0.3 is 0 Å². The molecule has 0 fully saturated rings. The maximum Gasteiger partial charge on any atom is 0.255 e. The van der Waals surface area contributed by atoms with E-state index in [4.69, 9.17) is 21.1 Å².